The van der Waals surface area contributed by atoms with Crippen LogP contribution in [0.1, 0.15) is 37.0 Å². The minimum absolute atomic E-state index is 0.154. The molecule has 1 amide bonds. The van der Waals surface area contributed by atoms with E-state index in [0.717, 1.165) is 19.5 Å². The van der Waals surface area contributed by atoms with Gasteiger partial charge in [-0.05, 0) is 27.3 Å². The number of carbonyl (C=O) groups excluding carboxylic acids is 1. The molecule has 19 heavy (non-hydrogen) atoms. The first-order chi connectivity index (χ1) is 9.04. The molecule has 0 aliphatic rings. The zero-order valence-corrected chi connectivity index (χ0v) is 12.9. The van der Waals surface area contributed by atoms with Crippen LogP contribution in [0.4, 0.5) is 5.13 Å². The van der Waals surface area contributed by atoms with Crippen molar-refractivity contribution in [1.29, 1.82) is 0 Å². The van der Waals surface area contributed by atoms with Crippen LogP contribution in [0.3, 0.4) is 0 Å². The van der Waals surface area contributed by atoms with Gasteiger partial charge in [-0.2, -0.15) is 0 Å². The van der Waals surface area contributed by atoms with Gasteiger partial charge in [0.15, 0.2) is 0 Å². The molecule has 0 aliphatic carbocycles. The first-order valence-corrected chi connectivity index (χ1v) is 7.42. The van der Waals surface area contributed by atoms with Crippen molar-refractivity contribution < 1.29 is 4.79 Å². The summed E-state index contributed by atoms with van der Waals surface area (Å²) in [4.78, 5) is 14.0. The summed E-state index contributed by atoms with van der Waals surface area (Å²) in [7, 11) is 2.04. The maximum atomic E-state index is 11.8. The van der Waals surface area contributed by atoms with Crippen LogP contribution in [0, 0.1) is 0 Å². The quantitative estimate of drug-likeness (QED) is 0.756. The third-order valence-corrected chi connectivity index (χ3v) is 3.66. The van der Waals surface area contributed by atoms with Gasteiger partial charge in [0.2, 0.25) is 10.1 Å². The predicted molar refractivity (Wildman–Crippen MR) is 78.8 cm³/mol. The fourth-order valence-corrected chi connectivity index (χ4v) is 1.98. The standard InChI is InChI=1S/C12H23N5OS/c1-5-6-14-12-16-15-11(19-12)10(18)13-7-8-17(4)9(2)3/h9H,5-8H2,1-4H3,(H,13,18)(H,14,16). The number of aromatic nitrogens is 2. The van der Waals surface area contributed by atoms with Gasteiger partial charge in [-0.1, -0.05) is 18.3 Å². The smallest absolute Gasteiger partial charge is 0.282 e. The van der Waals surface area contributed by atoms with E-state index in [0.29, 0.717) is 22.7 Å². The van der Waals surface area contributed by atoms with Crippen molar-refractivity contribution in [3.8, 4) is 0 Å². The summed E-state index contributed by atoms with van der Waals surface area (Å²) in [5, 5.41) is 14.9. The van der Waals surface area contributed by atoms with E-state index in [-0.39, 0.29) is 5.91 Å². The second-order valence-electron chi connectivity index (χ2n) is 4.67. The number of hydrogen-bond acceptors (Lipinski definition) is 6. The van der Waals surface area contributed by atoms with Crippen LogP contribution in [-0.4, -0.2) is 53.7 Å². The fourth-order valence-electron chi connectivity index (χ4n) is 1.30. The van der Waals surface area contributed by atoms with Crippen molar-refractivity contribution in [2.45, 2.75) is 33.2 Å². The Kier molecular flexibility index (Phi) is 6.72. The molecule has 0 unspecified atom stereocenters. The van der Waals surface area contributed by atoms with E-state index >= 15 is 0 Å². The van der Waals surface area contributed by atoms with E-state index in [4.69, 9.17) is 0 Å². The number of anilines is 1. The summed E-state index contributed by atoms with van der Waals surface area (Å²) < 4.78 is 0. The van der Waals surface area contributed by atoms with Gasteiger partial charge < -0.3 is 15.5 Å². The molecule has 108 valence electrons. The second-order valence-corrected chi connectivity index (χ2v) is 5.65. The molecule has 1 aromatic heterocycles. The molecule has 0 saturated heterocycles. The monoisotopic (exact) mass is 285 g/mol. The van der Waals surface area contributed by atoms with Gasteiger partial charge >= 0.3 is 0 Å². The molecule has 0 fully saturated rings. The molecule has 7 heteroatoms. The Labute approximate surface area is 118 Å². The number of carbonyl (C=O) groups is 1. The van der Waals surface area contributed by atoms with Crippen molar-refractivity contribution in [3.63, 3.8) is 0 Å². The molecule has 0 aliphatic heterocycles. The predicted octanol–water partition coefficient (Wildman–Crippen LogP) is 1.43. The van der Waals surface area contributed by atoms with Gasteiger partial charge in [0.25, 0.3) is 5.91 Å². The SMILES string of the molecule is CCCNc1nnc(C(=O)NCCN(C)C(C)C)s1. The third-order valence-electron chi connectivity index (χ3n) is 2.78. The lowest BCUT2D eigenvalue weighted by atomic mass is 10.3. The molecule has 0 bridgehead atoms. The van der Waals surface area contributed by atoms with E-state index in [2.05, 4.69) is 46.5 Å². The van der Waals surface area contributed by atoms with E-state index in [1.54, 1.807) is 0 Å². The normalized spacial score (nSPS) is 11.1. The number of nitrogens with zero attached hydrogens (tertiary/aromatic N) is 3. The number of hydrogen-bond donors (Lipinski definition) is 2. The number of amides is 1. The van der Waals surface area contributed by atoms with Crippen LogP contribution in [0.25, 0.3) is 0 Å². The Morgan fingerprint density at radius 1 is 1.37 bits per heavy atom. The molecule has 0 spiro atoms. The Morgan fingerprint density at radius 3 is 2.74 bits per heavy atom. The molecule has 2 N–H and O–H groups in total. The van der Waals surface area contributed by atoms with Crippen LogP contribution in [0.2, 0.25) is 0 Å². The first-order valence-electron chi connectivity index (χ1n) is 6.60. The van der Waals surface area contributed by atoms with Crippen LogP contribution >= 0.6 is 11.3 Å². The minimum Gasteiger partial charge on any atom is -0.360 e. The highest BCUT2D eigenvalue weighted by atomic mass is 32.1. The average molecular weight is 285 g/mol. The number of rotatable bonds is 8. The summed E-state index contributed by atoms with van der Waals surface area (Å²) in [6.07, 6.45) is 1.02. The molecule has 1 rings (SSSR count). The largest absolute Gasteiger partial charge is 0.360 e. The zero-order chi connectivity index (χ0) is 14.3. The van der Waals surface area contributed by atoms with E-state index in [1.807, 2.05) is 7.05 Å². The van der Waals surface area contributed by atoms with E-state index < -0.39 is 0 Å². The van der Waals surface area contributed by atoms with Crippen LogP contribution in [-0.2, 0) is 0 Å². The summed E-state index contributed by atoms with van der Waals surface area (Å²) in [5.74, 6) is -0.154. The molecule has 0 atom stereocenters. The summed E-state index contributed by atoms with van der Waals surface area (Å²) in [5.41, 5.74) is 0. The van der Waals surface area contributed by atoms with Gasteiger partial charge in [-0.3, -0.25) is 4.79 Å². The third kappa shape index (κ3) is 5.52. The van der Waals surface area contributed by atoms with Crippen LogP contribution < -0.4 is 10.6 Å². The molecule has 6 nitrogen and oxygen atoms in total. The lowest BCUT2D eigenvalue weighted by Crippen LogP contribution is -2.36. The lowest BCUT2D eigenvalue weighted by molar-refractivity contribution is 0.0947. The summed E-state index contributed by atoms with van der Waals surface area (Å²) >= 11 is 1.29. The topological polar surface area (TPSA) is 70.1 Å². The van der Waals surface area contributed by atoms with Crippen LogP contribution in [0.5, 0.6) is 0 Å². The van der Waals surface area contributed by atoms with Crippen molar-refractivity contribution in [2.24, 2.45) is 0 Å². The number of likely N-dealkylation sites (N-methyl/N-ethyl adjacent to an activating group) is 1. The summed E-state index contributed by atoms with van der Waals surface area (Å²) in [6, 6.07) is 0.475. The number of nitrogens with one attached hydrogen (secondary N) is 2. The Hall–Kier alpha value is -1.21. The average Bonchev–Trinajstić information content (AvgIpc) is 2.84. The van der Waals surface area contributed by atoms with E-state index in [1.165, 1.54) is 11.3 Å². The lowest BCUT2D eigenvalue weighted by Gasteiger charge is -2.20. The molecular weight excluding hydrogens is 262 g/mol. The fraction of sp³-hybridized carbons (Fsp3) is 0.750. The van der Waals surface area contributed by atoms with Gasteiger partial charge in [0.05, 0.1) is 0 Å². The zero-order valence-electron chi connectivity index (χ0n) is 12.1. The molecule has 0 saturated carbocycles. The Balaban J connectivity index is 2.35. The van der Waals surface area contributed by atoms with E-state index in [9.17, 15) is 4.79 Å². The van der Waals surface area contributed by atoms with Gasteiger partial charge in [-0.15, -0.1) is 10.2 Å². The molecular formula is C12H23N5OS. The van der Waals surface area contributed by atoms with Gasteiger partial charge in [0, 0.05) is 25.7 Å². The van der Waals surface area contributed by atoms with Gasteiger partial charge in [0.1, 0.15) is 0 Å². The first kappa shape index (κ1) is 15.8. The second kappa shape index (κ2) is 8.06. The van der Waals surface area contributed by atoms with Gasteiger partial charge in [-0.25, -0.2) is 0 Å². The Morgan fingerprint density at radius 2 is 2.11 bits per heavy atom. The minimum atomic E-state index is -0.154. The molecule has 0 aromatic carbocycles. The highest BCUT2D eigenvalue weighted by Crippen LogP contribution is 2.14. The molecule has 1 heterocycles. The maximum absolute atomic E-state index is 11.8. The van der Waals surface area contributed by atoms with Crippen molar-refractivity contribution >= 4 is 22.4 Å². The van der Waals surface area contributed by atoms with Crippen LogP contribution in [0.15, 0.2) is 0 Å². The maximum Gasteiger partial charge on any atom is 0.282 e. The highest BCUT2D eigenvalue weighted by Gasteiger charge is 2.12. The van der Waals surface area contributed by atoms with Crippen molar-refractivity contribution in [3.05, 3.63) is 5.01 Å². The molecule has 0 radical (unpaired) electrons. The molecule has 1 aromatic rings. The highest BCUT2D eigenvalue weighted by molar-refractivity contribution is 7.17. The summed E-state index contributed by atoms with van der Waals surface area (Å²) in [6.45, 7) is 8.60. The van der Waals surface area contributed by atoms with Crippen molar-refractivity contribution in [2.75, 3.05) is 32.0 Å². The Bertz CT molecular complexity index is 393. The van der Waals surface area contributed by atoms with Crippen molar-refractivity contribution in [1.82, 2.24) is 20.4 Å².